The second-order valence-corrected chi connectivity index (χ2v) is 5.48. The average molecular weight is 332 g/mol. The molecular formula is C16H11BrFNO. The molecule has 4 heteroatoms. The predicted molar refractivity (Wildman–Crippen MR) is 80.5 cm³/mol. The van der Waals surface area contributed by atoms with Gasteiger partial charge in [0.25, 0.3) is 0 Å². The van der Waals surface area contributed by atoms with Gasteiger partial charge in [-0.1, -0.05) is 18.2 Å². The zero-order chi connectivity index (χ0) is 14.1. The van der Waals surface area contributed by atoms with Gasteiger partial charge in [-0.25, -0.2) is 4.39 Å². The van der Waals surface area contributed by atoms with E-state index in [1.807, 2.05) is 29.0 Å². The fourth-order valence-corrected chi connectivity index (χ4v) is 2.67. The minimum Gasteiger partial charge on any atom is -0.343 e. The Morgan fingerprint density at radius 3 is 2.75 bits per heavy atom. The number of hydrogen-bond acceptors (Lipinski definition) is 1. The van der Waals surface area contributed by atoms with E-state index < -0.39 is 0 Å². The van der Waals surface area contributed by atoms with Crippen molar-refractivity contribution in [3.8, 4) is 0 Å². The van der Waals surface area contributed by atoms with Gasteiger partial charge in [0.05, 0.1) is 4.47 Å². The molecule has 0 saturated carbocycles. The standard InChI is InChI=1S/C16H11BrFNO/c17-14-7-11(2-4-15(14)18)9-19-6-5-13-3-1-12(10-20)8-16(13)19/h1-8,10H,9H2. The second-order valence-electron chi connectivity index (χ2n) is 4.63. The van der Waals surface area contributed by atoms with Crippen LogP contribution >= 0.6 is 15.9 Å². The van der Waals surface area contributed by atoms with Crippen molar-refractivity contribution >= 4 is 33.1 Å². The van der Waals surface area contributed by atoms with E-state index in [1.54, 1.807) is 18.2 Å². The molecule has 100 valence electrons. The van der Waals surface area contributed by atoms with Gasteiger partial charge < -0.3 is 4.57 Å². The lowest BCUT2D eigenvalue weighted by Crippen LogP contribution is -1.98. The van der Waals surface area contributed by atoms with E-state index in [4.69, 9.17) is 0 Å². The van der Waals surface area contributed by atoms with Crippen molar-refractivity contribution < 1.29 is 9.18 Å². The molecule has 1 heterocycles. The molecule has 0 fully saturated rings. The van der Waals surface area contributed by atoms with E-state index in [0.717, 1.165) is 22.8 Å². The summed E-state index contributed by atoms with van der Waals surface area (Å²) in [6, 6.07) is 12.6. The lowest BCUT2D eigenvalue weighted by molar-refractivity contribution is 0.112. The van der Waals surface area contributed by atoms with Gasteiger partial charge in [-0.2, -0.15) is 0 Å². The summed E-state index contributed by atoms with van der Waals surface area (Å²) in [6.07, 6.45) is 2.81. The van der Waals surface area contributed by atoms with Gasteiger partial charge in [-0.05, 0) is 51.1 Å². The molecule has 1 aromatic heterocycles. The van der Waals surface area contributed by atoms with Gasteiger partial charge in [-0.3, -0.25) is 4.79 Å². The Balaban J connectivity index is 2.01. The highest BCUT2D eigenvalue weighted by atomic mass is 79.9. The number of halogens is 2. The molecule has 0 aliphatic heterocycles. The molecular weight excluding hydrogens is 321 g/mol. The number of benzene rings is 2. The number of carbonyl (C=O) groups is 1. The van der Waals surface area contributed by atoms with Gasteiger partial charge in [0.15, 0.2) is 0 Å². The lowest BCUT2D eigenvalue weighted by atomic mass is 10.2. The van der Waals surface area contributed by atoms with Crippen molar-refractivity contribution in [2.24, 2.45) is 0 Å². The normalized spacial score (nSPS) is 10.9. The van der Waals surface area contributed by atoms with Gasteiger partial charge in [0, 0.05) is 23.8 Å². The van der Waals surface area contributed by atoms with Crippen LogP contribution in [-0.4, -0.2) is 10.9 Å². The highest BCUT2D eigenvalue weighted by molar-refractivity contribution is 9.10. The number of hydrogen-bond donors (Lipinski definition) is 0. The first-order chi connectivity index (χ1) is 9.67. The molecule has 0 aliphatic rings. The van der Waals surface area contributed by atoms with E-state index >= 15 is 0 Å². The third-order valence-electron chi connectivity index (χ3n) is 3.27. The quantitative estimate of drug-likeness (QED) is 0.652. The summed E-state index contributed by atoms with van der Waals surface area (Å²) in [5.74, 6) is -0.269. The molecule has 20 heavy (non-hydrogen) atoms. The molecule has 0 amide bonds. The van der Waals surface area contributed by atoms with Gasteiger partial charge >= 0.3 is 0 Å². The van der Waals surface area contributed by atoms with E-state index in [0.29, 0.717) is 16.6 Å². The summed E-state index contributed by atoms with van der Waals surface area (Å²) in [5.41, 5.74) is 2.64. The van der Waals surface area contributed by atoms with Gasteiger partial charge in [0.2, 0.25) is 0 Å². The van der Waals surface area contributed by atoms with Crippen LogP contribution in [0.25, 0.3) is 10.9 Å². The summed E-state index contributed by atoms with van der Waals surface area (Å²) in [6.45, 7) is 0.630. The van der Waals surface area contributed by atoms with Crippen molar-refractivity contribution in [2.45, 2.75) is 6.54 Å². The van der Waals surface area contributed by atoms with Crippen LogP contribution in [0, 0.1) is 5.82 Å². The number of carbonyl (C=O) groups excluding carboxylic acids is 1. The van der Waals surface area contributed by atoms with Crippen LogP contribution in [0.1, 0.15) is 15.9 Å². The van der Waals surface area contributed by atoms with Crippen molar-refractivity contribution in [3.63, 3.8) is 0 Å². The summed E-state index contributed by atoms with van der Waals surface area (Å²) in [5, 5.41) is 1.08. The number of aromatic nitrogens is 1. The molecule has 0 unspecified atom stereocenters. The van der Waals surface area contributed by atoms with Crippen LogP contribution in [0.4, 0.5) is 4.39 Å². The molecule has 0 bridgehead atoms. The number of nitrogens with zero attached hydrogens (tertiary/aromatic N) is 1. The Labute approximate surface area is 124 Å². The first kappa shape index (κ1) is 13.1. The maximum absolute atomic E-state index is 13.2. The number of aldehydes is 1. The summed E-state index contributed by atoms with van der Waals surface area (Å²) >= 11 is 3.19. The Hall–Kier alpha value is -1.94. The van der Waals surface area contributed by atoms with Crippen molar-refractivity contribution in [1.29, 1.82) is 0 Å². The first-order valence-corrected chi connectivity index (χ1v) is 6.95. The number of fused-ring (bicyclic) bond motifs is 1. The molecule has 2 nitrogen and oxygen atoms in total. The topological polar surface area (TPSA) is 22.0 Å². The molecule has 0 radical (unpaired) electrons. The van der Waals surface area contributed by atoms with E-state index in [-0.39, 0.29) is 5.82 Å². The lowest BCUT2D eigenvalue weighted by Gasteiger charge is -2.07. The first-order valence-electron chi connectivity index (χ1n) is 6.15. The third kappa shape index (κ3) is 2.39. The monoisotopic (exact) mass is 331 g/mol. The van der Waals surface area contributed by atoms with E-state index in [9.17, 15) is 9.18 Å². The van der Waals surface area contributed by atoms with Gasteiger partial charge in [0.1, 0.15) is 12.1 Å². The van der Waals surface area contributed by atoms with E-state index in [1.165, 1.54) is 6.07 Å². The Kier molecular flexibility index (Phi) is 3.40. The summed E-state index contributed by atoms with van der Waals surface area (Å²) < 4.78 is 15.7. The van der Waals surface area contributed by atoms with Crippen LogP contribution in [0.5, 0.6) is 0 Å². The fraction of sp³-hybridized carbons (Fsp3) is 0.0625. The number of rotatable bonds is 3. The molecule has 0 aliphatic carbocycles. The Morgan fingerprint density at radius 1 is 1.15 bits per heavy atom. The molecule has 0 saturated heterocycles. The Morgan fingerprint density at radius 2 is 2.00 bits per heavy atom. The average Bonchev–Trinajstić information content (AvgIpc) is 2.85. The van der Waals surface area contributed by atoms with E-state index in [2.05, 4.69) is 15.9 Å². The Bertz CT molecular complexity index is 794. The molecule has 0 atom stereocenters. The summed E-state index contributed by atoms with van der Waals surface area (Å²) in [7, 11) is 0. The highest BCUT2D eigenvalue weighted by Gasteiger charge is 2.05. The largest absolute Gasteiger partial charge is 0.343 e. The van der Waals surface area contributed by atoms with Gasteiger partial charge in [-0.15, -0.1) is 0 Å². The third-order valence-corrected chi connectivity index (χ3v) is 3.88. The smallest absolute Gasteiger partial charge is 0.150 e. The zero-order valence-electron chi connectivity index (χ0n) is 10.5. The maximum atomic E-state index is 13.2. The highest BCUT2D eigenvalue weighted by Crippen LogP contribution is 2.21. The molecule has 0 spiro atoms. The van der Waals surface area contributed by atoms with Crippen LogP contribution in [-0.2, 0) is 6.54 Å². The van der Waals surface area contributed by atoms with Crippen LogP contribution < -0.4 is 0 Å². The SMILES string of the molecule is O=Cc1ccc2ccn(Cc3ccc(F)c(Br)c3)c2c1. The van der Waals surface area contributed by atoms with Crippen LogP contribution in [0.15, 0.2) is 53.1 Å². The minimum atomic E-state index is -0.269. The molecule has 2 aromatic carbocycles. The molecule has 3 aromatic rings. The van der Waals surface area contributed by atoms with Crippen LogP contribution in [0.3, 0.4) is 0 Å². The second kappa shape index (κ2) is 5.21. The predicted octanol–water partition coefficient (Wildman–Crippen LogP) is 4.40. The zero-order valence-corrected chi connectivity index (χ0v) is 12.1. The minimum absolute atomic E-state index is 0.269. The van der Waals surface area contributed by atoms with Crippen molar-refractivity contribution in [3.05, 3.63) is 70.1 Å². The summed E-state index contributed by atoms with van der Waals surface area (Å²) in [4.78, 5) is 10.9. The fourth-order valence-electron chi connectivity index (χ4n) is 2.25. The molecule has 3 rings (SSSR count). The van der Waals surface area contributed by atoms with Crippen molar-refractivity contribution in [2.75, 3.05) is 0 Å². The molecule has 0 N–H and O–H groups in total. The van der Waals surface area contributed by atoms with Crippen LogP contribution in [0.2, 0.25) is 0 Å². The maximum Gasteiger partial charge on any atom is 0.150 e. The van der Waals surface area contributed by atoms with Crippen molar-refractivity contribution in [1.82, 2.24) is 4.57 Å².